The van der Waals surface area contributed by atoms with Crippen LogP contribution in [0, 0.1) is 5.41 Å². The highest BCUT2D eigenvalue weighted by Gasteiger charge is 2.36. The van der Waals surface area contributed by atoms with Gasteiger partial charge in [-0.3, -0.25) is 4.99 Å². The second-order valence-corrected chi connectivity index (χ2v) is 7.08. The molecule has 0 aliphatic heterocycles. The maximum Gasteiger partial charge on any atom is 0.191 e. The van der Waals surface area contributed by atoms with Gasteiger partial charge in [0.05, 0.1) is 20.3 Å². The highest BCUT2D eigenvalue weighted by Crippen LogP contribution is 2.44. The quantitative estimate of drug-likeness (QED) is 0.197. The van der Waals surface area contributed by atoms with E-state index in [-0.39, 0.29) is 24.0 Å². The lowest BCUT2D eigenvalue weighted by molar-refractivity contribution is 0.0778. The number of hydrogen-bond donors (Lipinski definition) is 2. The van der Waals surface area contributed by atoms with Gasteiger partial charge in [-0.25, -0.2) is 0 Å². The fourth-order valence-corrected chi connectivity index (χ4v) is 3.32. The van der Waals surface area contributed by atoms with Crippen molar-refractivity contribution in [2.75, 3.05) is 47.1 Å². The number of rotatable bonds is 12. The van der Waals surface area contributed by atoms with E-state index in [1.165, 1.54) is 19.3 Å². The van der Waals surface area contributed by atoms with E-state index in [1.807, 2.05) is 24.3 Å². The van der Waals surface area contributed by atoms with E-state index in [0.717, 1.165) is 43.4 Å². The van der Waals surface area contributed by atoms with Gasteiger partial charge in [0.2, 0.25) is 0 Å². The van der Waals surface area contributed by atoms with Gasteiger partial charge in [0.1, 0.15) is 5.75 Å². The predicted molar refractivity (Wildman–Crippen MR) is 125 cm³/mol. The summed E-state index contributed by atoms with van der Waals surface area (Å²) in [6.45, 7) is 6.46. The van der Waals surface area contributed by atoms with Crippen molar-refractivity contribution in [3.05, 3.63) is 29.8 Å². The second kappa shape index (κ2) is 14.0. The molecular weight excluding hydrogens is 469 g/mol. The number of methoxy groups -OCH3 is 2. The molecule has 0 saturated heterocycles. The number of benzene rings is 1. The SMILES string of the molecule is CCNC(=NCC1(CCOC)CCC1)NCCOCc1ccccc1OC.I. The minimum Gasteiger partial charge on any atom is -0.496 e. The lowest BCUT2D eigenvalue weighted by atomic mass is 9.67. The molecule has 0 spiro atoms. The fourth-order valence-electron chi connectivity index (χ4n) is 3.32. The molecule has 1 aliphatic rings. The lowest BCUT2D eigenvalue weighted by Crippen LogP contribution is -2.41. The normalized spacial score (nSPS) is 15.3. The first-order valence-electron chi connectivity index (χ1n) is 9.94. The highest BCUT2D eigenvalue weighted by molar-refractivity contribution is 14.0. The summed E-state index contributed by atoms with van der Waals surface area (Å²) in [5.74, 6) is 1.73. The molecule has 0 unspecified atom stereocenters. The summed E-state index contributed by atoms with van der Waals surface area (Å²) in [6, 6.07) is 7.93. The van der Waals surface area contributed by atoms with E-state index in [1.54, 1.807) is 14.2 Å². The monoisotopic (exact) mass is 505 g/mol. The summed E-state index contributed by atoms with van der Waals surface area (Å²) >= 11 is 0. The van der Waals surface area contributed by atoms with Crippen LogP contribution in [0.3, 0.4) is 0 Å². The van der Waals surface area contributed by atoms with Gasteiger partial charge in [0, 0.05) is 38.9 Å². The van der Waals surface area contributed by atoms with E-state index in [9.17, 15) is 0 Å². The molecule has 0 amide bonds. The molecule has 1 aromatic rings. The molecule has 2 rings (SSSR count). The number of halogens is 1. The zero-order chi connectivity index (χ0) is 19.4. The summed E-state index contributed by atoms with van der Waals surface area (Å²) in [5, 5.41) is 6.68. The van der Waals surface area contributed by atoms with Crippen LogP contribution >= 0.6 is 24.0 Å². The fraction of sp³-hybridized carbons (Fsp3) is 0.667. The largest absolute Gasteiger partial charge is 0.496 e. The Morgan fingerprint density at radius 2 is 1.93 bits per heavy atom. The van der Waals surface area contributed by atoms with Gasteiger partial charge in [0.25, 0.3) is 0 Å². The van der Waals surface area contributed by atoms with Crippen molar-refractivity contribution in [3.8, 4) is 5.75 Å². The molecule has 1 aromatic carbocycles. The Morgan fingerprint density at radius 1 is 1.14 bits per heavy atom. The number of para-hydroxylation sites is 1. The predicted octanol–water partition coefficient (Wildman–Crippen LogP) is 3.59. The van der Waals surface area contributed by atoms with Gasteiger partial charge in [-0.05, 0) is 37.7 Å². The van der Waals surface area contributed by atoms with Crippen LogP contribution in [0.4, 0.5) is 0 Å². The van der Waals surface area contributed by atoms with Gasteiger partial charge < -0.3 is 24.8 Å². The summed E-state index contributed by atoms with van der Waals surface area (Å²) in [7, 11) is 3.45. The number of nitrogens with zero attached hydrogens (tertiary/aromatic N) is 1. The van der Waals surface area contributed by atoms with Crippen LogP contribution in [-0.4, -0.2) is 53.0 Å². The van der Waals surface area contributed by atoms with Crippen molar-refractivity contribution in [1.82, 2.24) is 10.6 Å². The van der Waals surface area contributed by atoms with Crippen LogP contribution in [0.1, 0.15) is 38.2 Å². The Bertz CT molecular complexity index is 580. The Labute approximate surface area is 186 Å². The molecule has 0 bridgehead atoms. The minimum absolute atomic E-state index is 0. The second-order valence-electron chi connectivity index (χ2n) is 7.08. The molecule has 0 heterocycles. The molecule has 7 heteroatoms. The average Bonchev–Trinajstić information content (AvgIpc) is 2.66. The zero-order valence-corrected chi connectivity index (χ0v) is 19.8. The molecule has 0 aromatic heterocycles. The molecule has 1 aliphatic carbocycles. The third-order valence-corrected chi connectivity index (χ3v) is 5.16. The van der Waals surface area contributed by atoms with Crippen molar-refractivity contribution in [2.45, 2.75) is 39.2 Å². The van der Waals surface area contributed by atoms with Crippen LogP contribution in [0.2, 0.25) is 0 Å². The Morgan fingerprint density at radius 3 is 2.57 bits per heavy atom. The summed E-state index contributed by atoms with van der Waals surface area (Å²) < 4.78 is 16.4. The van der Waals surface area contributed by atoms with E-state index in [4.69, 9.17) is 19.2 Å². The first-order valence-corrected chi connectivity index (χ1v) is 9.94. The zero-order valence-electron chi connectivity index (χ0n) is 17.5. The number of ether oxygens (including phenoxy) is 3. The smallest absolute Gasteiger partial charge is 0.191 e. The van der Waals surface area contributed by atoms with Crippen LogP contribution in [0.5, 0.6) is 5.75 Å². The molecule has 1 saturated carbocycles. The Kier molecular flexibility index (Phi) is 12.5. The molecule has 28 heavy (non-hydrogen) atoms. The highest BCUT2D eigenvalue weighted by atomic mass is 127. The molecular formula is C21H36IN3O3. The standard InChI is InChI=1S/C21H35N3O3.HI/c1-4-22-20(24-17-21(10-7-11-21)12-14-25-2)23-13-15-27-16-18-8-5-6-9-19(18)26-3;/h5-6,8-9H,4,7,10-17H2,1-3H3,(H2,22,23,24);1H. The maximum absolute atomic E-state index is 5.78. The molecule has 160 valence electrons. The van der Waals surface area contributed by atoms with Crippen LogP contribution < -0.4 is 15.4 Å². The summed E-state index contributed by atoms with van der Waals surface area (Å²) in [6.07, 6.45) is 4.90. The van der Waals surface area contributed by atoms with Crippen LogP contribution in [-0.2, 0) is 16.1 Å². The number of guanidine groups is 1. The van der Waals surface area contributed by atoms with Crippen LogP contribution in [0.15, 0.2) is 29.3 Å². The Hall–Kier alpha value is -1.06. The first-order chi connectivity index (χ1) is 13.2. The van der Waals surface area contributed by atoms with Gasteiger partial charge in [0.15, 0.2) is 5.96 Å². The molecule has 2 N–H and O–H groups in total. The van der Waals surface area contributed by atoms with E-state index >= 15 is 0 Å². The molecule has 0 atom stereocenters. The molecule has 6 nitrogen and oxygen atoms in total. The van der Waals surface area contributed by atoms with E-state index in [2.05, 4.69) is 17.6 Å². The average molecular weight is 505 g/mol. The van der Waals surface area contributed by atoms with Gasteiger partial charge >= 0.3 is 0 Å². The van der Waals surface area contributed by atoms with E-state index < -0.39 is 0 Å². The van der Waals surface area contributed by atoms with Crippen molar-refractivity contribution in [3.63, 3.8) is 0 Å². The number of hydrogen-bond acceptors (Lipinski definition) is 4. The summed E-state index contributed by atoms with van der Waals surface area (Å²) in [5.41, 5.74) is 1.39. The summed E-state index contributed by atoms with van der Waals surface area (Å²) in [4.78, 5) is 4.81. The van der Waals surface area contributed by atoms with Gasteiger partial charge in [-0.1, -0.05) is 24.6 Å². The maximum atomic E-state index is 5.78. The lowest BCUT2D eigenvalue weighted by Gasteiger charge is -2.40. The van der Waals surface area contributed by atoms with E-state index in [0.29, 0.717) is 25.2 Å². The topological polar surface area (TPSA) is 64.1 Å². The first kappa shape index (κ1) is 25.0. The number of nitrogens with one attached hydrogen (secondary N) is 2. The third kappa shape index (κ3) is 8.13. The van der Waals surface area contributed by atoms with Crippen molar-refractivity contribution < 1.29 is 14.2 Å². The van der Waals surface area contributed by atoms with Crippen molar-refractivity contribution >= 4 is 29.9 Å². The number of aliphatic imine (C=N–C) groups is 1. The third-order valence-electron chi connectivity index (χ3n) is 5.16. The minimum atomic E-state index is 0. The molecule has 1 fully saturated rings. The van der Waals surface area contributed by atoms with Gasteiger partial charge in [-0.2, -0.15) is 0 Å². The van der Waals surface area contributed by atoms with Crippen molar-refractivity contribution in [2.24, 2.45) is 10.4 Å². The Balaban J connectivity index is 0.00000392. The van der Waals surface area contributed by atoms with Crippen LogP contribution in [0.25, 0.3) is 0 Å². The molecule has 0 radical (unpaired) electrons. The van der Waals surface area contributed by atoms with Gasteiger partial charge in [-0.15, -0.1) is 24.0 Å². The van der Waals surface area contributed by atoms with Crippen molar-refractivity contribution in [1.29, 1.82) is 0 Å².